The maximum absolute atomic E-state index is 13.6. The van der Waals surface area contributed by atoms with E-state index in [9.17, 15) is 9.18 Å². The van der Waals surface area contributed by atoms with Crippen LogP contribution in [-0.2, 0) is 11.2 Å². The molecule has 3 N–H and O–H groups in total. The van der Waals surface area contributed by atoms with Crippen LogP contribution in [0.1, 0.15) is 29.7 Å². The molecule has 1 unspecified atom stereocenters. The van der Waals surface area contributed by atoms with Gasteiger partial charge in [-0.05, 0) is 30.5 Å². The number of nitrogens with two attached hydrogens (primary N) is 1. The first kappa shape index (κ1) is 13.4. The molecule has 0 saturated carbocycles. The fourth-order valence-corrected chi connectivity index (χ4v) is 1.85. The minimum Gasteiger partial charge on any atom is -0.496 e. The van der Waals surface area contributed by atoms with Crippen molar-refractivity contribution in [2.45, 2.75) is 26.3 Å². The van der Waals surface area contributed by atoms with Crippen LogP contribution in [0.4, 0.5) is 4.39 Å². The van der Waals surface area contributed by atoms with Gasteiger partial charge in [0.25, 0.3) is 0 Å². The third kappa shape index (κ3) is 2.39. The predicted molar refractivity (Wildman–Crippen MR) is 61.6 cm³/mol. The SMILES string of the molecule is CCc1c(C(N)C(=O)O)cc(F)c(C)c1OC. The van der Waals surface area contributed by atoms with Crippen molar-refractivity contribution in [2.75, 3.05) is 7.11 Å². The Morgan fingerprint density at radius 1 is 1.65 bits per heavy atom. The molecule has 0 heterocycles. The fraction of sp³-hybridized carbons (Fsp3) is 0.417. The van der Waals surface area contributed by atoms with Gasteiger partial charge in [-0.25, -0.2) is 4.39 Å². The second-order valence-corrected chi connectivity index (χ2v) is 3.75. The van der Waals surface area contributed by atoms with Crippen LogP contribution in [0, 0.1) is 12.7 Å². The Labute approximate surface area is 99.2 Å². The summed E-state index contributed by atoms with van der Waals surface area (Å²) in [6.45, 7) is 3.43. The molecule has 0 radical (unpaired) electrons. The largest absolute Gasteiger partial charge is 0.496 e. The Kier molecular flexibility index (Phi) is 4.07. The molecule has 0 fully saturated rings. The number of carboxylic acids is 1. The summed E-state index contributed by atoms with van der Waals surface area (Å²) < 4.78 is 18.8. The van der Waals surface area contributed by atoms with E-state index in [0.29, 0.717) is 23.3 Å². The Morgan fingerprint density at radius 3 is 2.65 bits per heavy atom. The van der Waals surface area contributed by atoms with E-state index in [0.717, 1.165) is 0 Å². The van der Waals surface area contributed by atoms with Crippen LogP contribution in [0.3, 0.4) is 0 Å². The molecule has 0 spiro atoms. The molecule has 0 saturated heterocycles. The van der Waals surface area contributed by atoms with Crippen molar-refractivity contribution in [3.05, 3.63) is 28.6 Å². The van der Waals surface area contributed by atoms with Gasteiger partial charge in [0.15, 0.2) is 0 Å². The molecule has 4 nitrogen and oxygen atoms in total. The molecule has 94 valence electrons. The zero-order chi connectivity index (χ0) is 13.2. The molecular formula is C12H16FNO3. The molecule has 1 rings (SSSR count). The molecule has 1 aromatic carbocycles. The van der Waals surface area contributed by atoms with E-state index >= 15 is 0 Å². The van der Waals surface area contributed by atoms with Crippen molar-refractivity contribution in [1.29, 1.82) is 0 Å². The van der Waals surface area contributed by atoms with Crippen molar-refractivity contribution in [2.24, 2.45) is 5.73 Å². The predicted octanol–water partition coefficient (Wildman–Crippen LogP) is 1.79. The number of rotatable bonds is 4. The molecule has 0 aliphatic rings. The van der Waals surface area contributed by atoms with E-state index in [2.05, 4.69) is 0 Å². The van der Waals surface area contributed by atoms with Crippen LogP contribution in [0.5, 0.6) is 5.75 Å². The highest BCUT2D eigenvalue weighted by molar-refractivity contribution is 5.76. The van der Waals surface area contributed by atoms with Crippen LogP contribution in [0.2, 0.25) is 0 Å². The quantitative estimate of drug-likeness (QED) is 0.843. The topological polar surface area (TPSA) is 72.6 Å². The van der Waals surface area contributed by atoms with Gasteiger partial charge in [0, 0.05) is 5.56 Å². The van der Waals surface area contributed by atoms with Crippen molar-refractivity contribution in [1.82, 2.24) is 0 Å². The summed E-state index contributed by atoms with van der Waals surface area (Å²) in [5, 5.41) is 8.89. The van der Waals surface area contributed by atoms with Gasteiger partial charge < -0.3 is 15.6 Å². The smallest absolute Gasteiger partial charge is 0.325 e. The number of aliphatic carboxylic acids is 1. The maximum atomic E-state index is 13.6. The lowest BCUT2D eigenvalue weighted by Crippen LogP contribution is -2.23. The highest BCUT2D eigenvalue weighted by Gasteiger charge is 2.23. The number of benzene rings is 1. The number of hydrogen-bond donors (Lipinski definition) is 2. The van der Waals surface area contributed by atoms with Gasteiger partial charge in [-0.2, -0.15) is 0 Å². The number of hydrogen-bond acceptors (Lipinski definition) is 3. The first-order valence-electron chi connectivity index (χ1n) is 5.28. The van der Waals surface area contributed by atoms with Crippen molar-refractivity contribution in [3.63, 3.8) is 0 Å². The Hall–Kier alpha value is -1.62. The summed E-state index contributed by atoms with van der Waals surface area (Å²) in [7, 11) is 1.43. The third-order valence-corrected chi connectivity index (χ3v) is 2.76. The molecule has 0 amide bonds. The van der Waals surface area contributed by atoms with Crippen LogP contribution in [0.15, 0.2) is 6.07 Å². The lowest BCUT2D eigenvalue weighted by molar-refractivity contribution is -0.138. The molecule has 1 atom stereocenters. The zero-order valence-electron chi connectivity index (χ0n) is 10.1. The highest BCUT2D eigenvalue weighted by Crippen LogP contribution is 2.32. The van der Waals surface area contributed by atoms with E-state index in [1.807, 2.05) is 6.92 Å². The van der Waals surface area contributed by atoms with Crippen molar-refractivity contribution < 1.29 is 19.0 Å². The monoisotopic (exact) mass is 241 g/mol. The van der Waals surface area contributed by atoms with Crippen LogP contribution < -0.4 is 10.5 Å². The molecule has 0 bridgehead atoms. The van der Waals surface area contributed by atoms with Gasteiger partial charge in [0.05, 0.1) is 7.11 Å². The van der Waals surface area contributed by atoms with E-state index < -0.39 is 17.8 Å². The summed E-state index contributed by atoms with van der Waals surface area (Å²) in [6.07, 6.45) is 0.528. The van der Waals surface area contributed by atoms with Gasteiger partial charge in [-0.1, -0.05) is 6.92 Å². The highest BCUT2D eigenvalue weighted by atomic mass is 19.1. The summed E-state index contributed by atoms with van der Waals surface area (Å²) in [5.74, 6) is -1.32. The lowest BCUT2D eigenvalue weighted by atomic mass is 9.95. The van der Waals surface area contributed by atoms with Gasteiger partial charge >= 0.3 is 5.97 Å². The van der Waals surface area contributed by atoms with Gasteiger partial charge in [0.1, 0.15) is 17.6 Å². The first-order valence-corrected chi connectivity index (χ1v) is 5.28. The molecule has 17 heavy (non-hydrogen) atoms. The van der Waals surface area contributed by atoms with Crippen molar-refractivity contribution in [3.8, 4) is 5.75 Å². The lowest BCUT2D eigenvalue weighted by Gasteiger charge is -2.18. The molecular weight excluding hydrogens is 225 g/mol. The standard InChI is InChI=1S/C12H16FNO3/c1-4-7-8(10(14)12(15)16)5-9(13)6(2)11(7)17-3/h5,10H,4,14H2,1-3H3,(H,15,16). The second-order valence-electron chi connectivity index (χ2n) is 3.75. The summed E-state index contributed by atoms with van der Waals surface area (Å²) >= 11 is 0. The average Bonchev–Trinajstić information content (AvgIpc) is 2.30. The fourth-order valence-electron chi connectivity index (χ4n) is 1.85. The Bertz CT molecular complexity index is 446. The molecule has 1 aromatic rings. The number of methoxy groups -OCH3 is 1. The molecule has 0 aromatic heterocycles. The van der Waals surface area contributed by atoms with Crippen LogP contribution in [0.25, 0.3) is 0 Å². The molecule has 0 aliphatic heterocycles. The van der Waals surface area contributed by atoms with Gasteiger partial charge in [0.2, 0.25) is 0 Å². The van der Waals surface area contributed by atoms with Gasteiger partial charge in [-0.15, -0.1) is 0 Å². The first-order chi connectivity index (χ1) is 7.93. The Balaban J connectivity index is 3.49. The average molecular weight is 241 g/mol. The van der Waals surface area contributed by atoms with Gasteiger partial charge in [-0.3, -0.25) is 4.79 Å². The second kappa shape index (κ2) is 5.14. The number of carboxylic acid groups (broad SMARTS) is 1. The Morgan fingerprint density at radius 2 is 2.24 bits per heavy atom. The minimum atomic E-state index is -1.24. The molecule has 0 aliphatic carbocycles. The van der Waals surface area contributed by atoms with Crippen LogP contribution >= 0.6 is 0 Å². The zero-order valence-corrected chi connectivity index (χ0v) is 10.1. The summed E-state index contributed by atoms with van der Waals surface area (Å²) in [5.41, 5.74) is 6.81. The van der Waals surface area contributed by atoms with E-state index in [1.165, 1.54) is 13.2 Å². The van der Waals surface area contributed by atoms with E-state index in [4.69, 9.17) is 15.6 Å². The van der Waals surface area contributed by atoms with Crippen LogP contribution in [-0.4, -0.2) is 18.2 Å². The third-order valence-electron chi connectivity index (χ3n) is 2.76. The normalized spacial score (nSPS) is 12.3. The number of ether oxygens (including phenoxy) is 1. The summed E-state index contributed by atoms with van der Waals surface area (Å²) in [4.78, 5) is 10.9. The van der Waals surface area contributed by atoms with E-state index in [-0.39, 0.29) is 5.56 Å². The minimum absolute atomic E-state index is 0.264. The summed E-state index contributed by atoms with van der Waals surface area (Å²) in [6, 6.07) is -0.0656. The maximum Gasteiger partial charge on any atom is 0.325 e. The van der Waals surface area contributed by atoms with Crippen molar-refractivity contribution >= 4 is 5.97 Å². The number of halogens is 1. The molecule has 5 heteroatoms. The van der Waals surface area contributed by atoms with E-state index in [1.54, 1.807) is 6.92 Å². The number of carbonyl (C=O) groups is 1.